The van der Waals surface area contributed by atoms with Crippen LogP contribution in [0.4, 0.5) is 0 Å². The second kappa shape index (κ2) is 8.55. The van der Waals surface area contributed by atoms with Crippen LogP contribution in [0.25, 0.3) is 0 Å². The summed E-state index contributed by atoms with van der Waals surface area (Å²) in [4.78, 5) is 2.57. The molecular weight excluding hydrogens is 234 g/mol. The number of hydrogen-bond acceptors (Lipinski definition) is 3. The minimum Gasteiger partial charge on any atom is -0.303 e. The molecule has 1 N–H and O–H groups in total. The van der Waals surface area contributed by atoms with Crippen molar-refractivity contribution in [3.05, 3.63) is 0 Å². The van der Waals surface area contributed by atoms with Gasteiger partial charge < -0.3 is 4.90 Å². The number of likely N-dealkylation sites (tertiary alicyclic amines) is 1. The first-order chi connectivity index (χ1) is 9.13. The van der Waals surface area contributed by atoms with E-state index >= 15 is 0 Å². The molecule has 19 heavy (non-hydrogen) atoms. The number of nitrogens with one attached hydrogen (secondary N) is 1. The largest absolute Gasteiger partial charge is 0.303 e. The normalized spacial score (nSPS) is 20.9. The molecular formula is C16H31N3. The van der Waals surface area contributed by atoms with E-state index in [1.54, 1.807) is 0 Å². The SMILES string of the molecule is CCCNC(C)(C#N)CCCN1CCC(CC)CC1. The molecule has 0 aliphatic carbocycles. The highest BCUT2D eigenvalue weighted by molar-refractivity contribution is 5.03. The number of nitriles is 1. The summed E-state index contributed by atoms with van der Waals surface area (Å²) in [5.41, 5.74) is -0.336. The van der Waals surface area contributed by atoms with Gasteiger partial charge in [-0.2, -0.15) is 5.26 Å². The van der Waals surface area contributed by atoms with Crippen LogP contribution >= 0.6 is 0 Å². The zero-order valence-electron chi connectivity index (χ0n) is 13.0. The van der Waals surface area contributed by atoms with Crippen molar-refractivity contribution < 1.29 is 0 Å². The maximum absolute atomic E-state index is 9.29. The smallest absolute Gasteiger partial charge is 0.103 e. The topological polar surface area (TPSA) is 39.1 Å². The van der Waals surface area contributed by atoms with Crippen molar-refractivity contribution in [2.75, 3.05) is 26.2 Å². The number of rotatable bonds is 8. The Kier molecular flexibility index (Phi) is 7.41. The van der Waals surface area contributed by atoms with Crippen molar-refractivity contribution in [2.45, 2.75) is 64.8 Å². The van der Waals surface area contributed by atoms with Crippen LogP contribution in [0.3, 0.4) is 0 Å². The third-order valence-electron chi connectivity index (χ3n) is 4.45. The minimum absolute atomic E-state index is 0.336. The lowest BCUT2D eigenvalue weighted by atomic mass is 9.93. The Labute approximate surface area is 119 Å². The summed E-state index contributed by atoms with van der Waals surface area (Å²) < 4.78 is 0. The molecule has 0 saturated carbocycles. The van der Waals surface area contributed by atoms with Gasteiger partial charge >= 0.3 is 0 Å². The standard InChI is InChI=1S/C16H31N3/c1-4-10-18-16(3,14-17)9-6-11-19-12-7-15(5-2)8-13-19/h15,18H,4-13H2,1-3H3. The number of piperidine rings is 1. The van der Waals surface area contributed by atoms with E-state index in [1.807, 2.05) is 6.92 Å². The van der Waals surface area contributed by atoms with Crippen molar-refractivity contribution in [2.24, 2.45) is 5.92 Å². The molecule has 0 spiro atoms. The van der Waals surface area contributed by atoms with Crippen LogP contribution < -0.4 is 5.32 Å². The van der Waals surface area contributed by atoms with E-state index in [-0.39, 0.29) is 5.54 Å². The molecule has 1 aliphatic heterocycles. The van der Waals surface area contributed by atoms with Crippen molar-refractivity contribution in [1.29, 1.82) is 5.26 Å². The average molecular weight is 265 g/mol. The molecule has 1 fully saturated rings. The molecule has 0 amide bonds. The summed E-state index contributed by atoms with van der Waals surface area (Å²) in [5, 5.41) is 12.7. The van der Waals surface area contributed by atoms with E-state index in [2.05, 4.69) is 30.1 Å². The fourth-order valence-corrected chi connectivity index (χ4v) is 2.86. The zero-order chi connectivity index (χ0) is 14.1. The second-order valence-corrected chi connectivity index (χ2v) is 6.17. The third kappa shape index (κ3) is 5.93. The van der Waals surface area contributed by atoms with Crippen molar-refractivity contribution >= 4 is 0 Å². The lowest BCUT2D eigenvalue weighted by Gasteiger charge is -2.32. The van der Waals surface area contributed by atoms with E-state index in [9.17, 15) is 5.26 Å². The summed E-state index contributed by atoms with van der Waals surface area (Å²) in [6.07, 6.45) is 7.22. The molecule has 0 aromatic heterocycles. The van der Waals surface area contributed by atoms with Crippen LogP contribution in [0, 0.1) is 17.2 Å². The molecule has 1 heterocycles. The Hall–Kier alpha value is -0.590. The Morgan fingerprint density at radius 3 is 2.53 bits per heavy atom. The molecule has 3 nitrogen and oxygen atoms in total. The van der Waals surface area contributed by atoms with Crippen LogP contribution in [-0.2, 0) is 0 Å². The molecule has 1 unspecified atom stereocenters. The monoisotopic (exact) mass is 265 g/mol. The van der Waals surface area contributed by atoms with E-state index in [1.165, 1.54) is 32.4 Å². The molecule has 1 saturated heterocycles. The van der Waals surface area contributed by atoms with Gasteiger partial charge in [0.15, 0.2) is 0 Å². The highest BCUT2D eigenvalue weighted by Crippen LogP contribution is 2.20. The van der Waals surface area contributed by atoms with E-state index in [4.69, 9.17) is 0 Å². The first kappa shape index (κ1) is 16.5. The van der Waals surface area contributed by atoms with Gasteiger partial charge in [-0.25, -0.2) is 0 Å². The Bertz CT molecular complexity index is 276. The molecule has 0 radical (unpaired) electrons. The predicted molar refractivity (Wildman–Crippen MR) is 81.0 cm³/mol. The highest BCUT2D eigenvalue weighted by Gasteiger charge is 2.23. The number of hydrogen-bond donors (Lipinski definition) is 1. The van der Waals surface area contributed by atoms with Crippen LogP contribution in [0.2, 0.25) is 0 Å². The Morgan fingerprint density at radius 2 is 2.00 bits per heavy atom. The summed E-state index contributed by atoms with van der Waals surface area (Å²) >= 11 is 0. The third-order valence-corrected chi connectivity index (χ3v) is 4.45. The van der Waals surface area contributed by atoms with E-state index in [0.717, 1.165) is 38.3 Å². The summed E-state index contributed by atoms with van der Waals surface area (Å²) in [7, 11) is 0. The van der Waals surface area contributed by atoms with Gasteiger partial charge in [0.05, 0.1) is 6.07 Å². The zero-order valence-corrected chi connectivity index (χ0v) is 13.0. The minimum atomic E-state index is -0.336. The molecule has 0 bridgehead atoms. The summed E-state index contributed by atoms with van der Waals surface area (Å²) in [6, 6.07) is 2.44. The molecule has 1 rings (SSSR count). The summed E-state index contributed by atoms with van der Waals surface area (Å²) in [6.45, 7) is 11.1. The van der Waals surface area contributed by atoms with E-state index in [0.29, 0.717) is 0 Å². The summed E-state index contributed by atoms with van der Waals surface area (Å²) in [5.74, 6) is 0.951. The van der Waals surface area contributed by atoms with Gasteiger partial charge in [-0.05, 0) is 71.1 Å². The highest BCUT2D eigenvalue weighted by atomic mass is 15.1. The van der Waals surface area contributed by atoms with Crippen LogP contribution in [0.15, 0.2) is 0 Å². The van der Waals surface area contributed by atoms with Gasteiger partial charge in [-0.15, -0.1) is 0 Å². The van der Waals surface area contributed by atoms with Crippen LogP contribution in [-0.4, -0.2) is 36.6 Å². The molecule has 0 aromatic carbocycles. The molecule has 110 valence electrons. The van der Waals surface area contributed by atoms with E-state index < -0.39 is 0 Å². The van der Waals surface area contributed by atoms with Gasteiger partial charge in [-0.3, -0.25) is 5.32 Å². The van der Waals surface area contributed by atoms with Gasteiger partial charge in [0.1, 0.15) is 5.54 Å². The van der Waals surface area contributed by atoms with Gasteiger partial charge in [0.2, 0.25) is 0 Å². The lowest BCUT2D eigenvalue weighted by Crippen LogP contribution is -2.42. The van der Waals surface area contributed by atoms with Crippen molar-refractivity contribution in [3.8, 4) is 6.07 Å². The molecule has 0 aromatic rings. The lowest BCUT2D eigenvalue weighted by molar-refractivity contribution is 0.175. The second-order valence-electron chi connectivity index (χ2n) is 6.17. The molecule has 1 aliphatic rings. The van der Waals surface area contributed by atoms with Crippen molar-refractivity contribution in [3.63, 3.8) is 0 Å². The fourth-order valence-electron chi connectivity index (χ4n) is 2.86. The maximum Gasteiger partial charge on any atom is 0.103 e. The molecule has 3 heteroatoms. The Morgan fingerprint density at radius 1 is 1.32 bits per heavy atom. The quantitative estimate of drug-likeness (QED) is 0.732. The number of nitrogens with zero attached hydrogens (tertiary/aromatic N) is 2. The van der Waals surface area contributed by atoms with Gasteiger partial charge in [0.25, 0.3) is 0 Å². The van der Waals surface area contributed by atoms with Gasteiger partial charge in [0, 0.05) is 0 Å². The molecule has 1 atom stereocenters. The predicted octanol–water partition coefficient (Wildman–Crippen LogP) is 3.17. The van der Waals surface area contributed by atoms with Crippen molar-refractivity contribution in [1.82, 2.24) is 10.2 Å². The Balaban J connectivity index is 2.20. The first-order valence-electron chi connectivity index (χ1n) is 8.02. The first-order valence-corrected chi connectivity index (χ1v) is 8.02. The average Bonchev–Trinajstić information content (AvgIpc) is 2.46. The fraction of sp³-hybridized carbons (Fsp3) is 0.938. The van der Waals surface area contributed by atoms with Crippen LogP contribution in [0.5, 0.6) is 0 Å². The van der Waals surface area contributed by atoms with Crippen LogP contribution in [0.1, 0.15) is 59.3 Å². The maximum atomic E-state index is 9.29. The van der Waals surface area contributed by atoms with Gasteiger partial charge in [-0.1, -0.05) is 20.3 Å².